The van der Waals surface area contributed by atoms with Crippen LogP contribution in [0, 0.1) is 5.82 Å². The Kier molecular flexibility index (Phi) is 4.77. The fraction of sp³-hybridized carbons (Fsp3) is 0.188. The Bertz CT molecular complexity index is 643. The van der Waals surface area contributed by atoms with Gasteiger partial charge in [-0.3, -0.25) is 4.79 Å². The molecule has 0 spiro atoms. The molecule has 0 fully saturated rings. The molecule has 21 heavy (non-hydrogen) atoms. The van der Waals surface area contributed by atoms with Crippen molar-refractivity contribution in [2.75, 3.05) is 12.4 Å². The van der Waals surface area contributed by atoms with Gasteiger partial charge >= 0.3 is 5.97 Å². The van der Waals surface area contributed by atoms with E-state index in [4.69, 9.17) is 9.84 Å². The second-order valence-electron chi connectivity index (χ2n) is 4.54. The molecule has 0 radical (unpaired) electrons. The second kappa shape index (κ2) is 6.74. The van der Waals surface area contributed by atoms with Crippen molar-refractivity contribution in [3.05, 3.63) is 59.4 Å². The summed E-state index contributed by atoms with van der Waals surface area (Å²) >= 11 is 0. The zero-order valence-corrected chi connectivity index (χ0v) is 11.6. The Hall–Kier alpha value is -2.56. The third-order valence-corrected chi connectivity index (χ3v) is 3.09. The number of methoxy groups -OCH3 is 1. The summed E-state index contributed by atoms with van der Waals surface area (Å²) in [5.74, 6) is -1.13. The molecule has 0 aliphatic rings. The maximum Gasteiger partial charge on any atom is 0.307 e. The molecule has 0 heterocycles. The van der Waals surface area contributed by atoms with E-state index in [9.17, 15) is 9.18 Å². The van der Waals surface area contributed by atoms with Crippen LogP contribution in [0.1, 0.15) is 11.1 Å². The van der Waals surface area contributed by atoms with Gasteiger partial charge in [0.05, 0.1) is 13.5 Å². The number of hydrogen-bond donors (Lipinski definition) is 2. The van der Waals surface area contributed by atoms with Gasteiger partial charge in [-0.05, 0) is 23.3 Å². The van der Waals surface area contributed by atoms with Gasteiger partial charge in [-0.15, -0.1) is 0 Å². The van der Waals surface area contributed by atoms with Crippen molar-refractivity contribution in [1.82, 2.24) is 0 Å². The summed E-state index contributed by atoms with van der Waals surface area (Å²) in [6.07, 6.45) is -0.0232. The molecule has 4 nitrogen and oxygen atoms in total. The third-order valence-electron chi connectivity index (χ3n) is 3.09. The van der Waals surface area contributed by atoms with Crippen molar-refractivity contribution in [2.45, 2.75) is 13.0 Å². The van der Waals surface area contributed by atoms with Gasteiger partial charge in [0.2, 0.25) is 0 Å². The van der Waals surface area contributed by atoms with Gasteiger partial charge in [-0.2, -0.15) is 0 Å². The fourth-order valence-corrected chi connectivity index (χ4v) is 2.03. The number of aliphatic carboxylic acids is 1. The number of anilines is 1. The molecule has 0 saturated carbocycles. The lowest BCUT2D eigenvalue weighted by Crippen LogP contribution is -2.07. The Labute approximate surface area is 122 Å². The average molecular weight is 289 g/mol. The normalized spacial score (nSPS) is 10.2. The number of halogens is 1. The number of ether oxygens (including phenoxy) is 1. The van der Waals surface area contributed by atoms with E-state index in [2.05, 4.69) is 5.32 Å². The number of rotatable bonds is 6. The summed E-state index contributed by atoms with van der Waals surface area (Å²) in [6.45, 7) is 0.457. The minimum absolute atomic E-state index is 0.0232. The lowest BCUT2D eigenvalue weighted by Gasteiger charge is -2.11. The van der Waals surface area contributed by atoms with Crippen LogP contribution >= 0.6 is 0 Å². The minimum atomic E-state index is -0.870. The van der Waals surface area contributed by atoms with Crippen LogP contribution in [0.2, 0.25) is 0 Å². The largest absolute Gasteiger partial charge is 0.494 e. The summed E-state index contributed by atoms with van der Waals surface area (Å²) in [7, 11) is 1.41. The van der Waals surface area contributed by atoms with Crippen molar-refractivity contribution in [3.63, 3.8) is 0 Å². The molecule has 2 aromatic rings. The molecule has 0 atom stereocenters. The number of carbonyl (C=O) groups is 1. The lowest BCUT2D eigenvalue weighted by atomic mass is 10.0. The van der Waals surface area contributed by atoms with Gasteiger partial charge in [0.1, 0.15) is 0 Å². The number of nitrogens with one attached hydrogen (secondary N) is 1. The molecule has 0 aliphatic heterocycles. The van der Waals surface area contributed by atoms with Crippen LogP contribution in [0.3, 0.4) is 0 Å². The van der Waals surface area contributed by atoms with Crippen LogP contribution in [0.25, 0.3) is 0 Å². The number of hydrogen-bond acceptors (Lipinski definition) is 3. The predicted molar refractivity (Wildman–Crippen MR) is 78.1 cm³/mol. The molecule has 0 bridgehead atoms. The zero-order chi connectivity index (χ0) is 15.2. The first kappa shape index (κ1) is 14.8. The highest BCUT2D eigenvalue weighted by atomic mass is 19.1. The van der Waals surface area contributed by atoms with Crippen LogP contribution in [0.15, 0.2) is 42.5 Å². The molecule has 5 heteroatoms. The first-order valence-corrected chi connectivity index (χ1v) is 6.46. The molecule has 2 rings (SSSR count). The minimum Gasteiger partial charge on any atom is -0.494 e. The molecule has 0 amide bonds. The van der Waals surface area contributed by atoms with Crippen LogP contribution in [-0.4, -0.2) is 18.2 Å². The van der Waals surface area contributed by atoms with E-state index in [-0.39, 0.29) is 12.2 Å². The van der Waals surface area contributed by atoms with E-state index in [0.29, 0.717) is 12.2 Å². The van der Waals surface area contributed by atoms with Crippen molar-refractivity contribution in [2.24, 2.45) is 0 Å². The summed E-state index contributed by atoms with van der Waals surface area (Å²) in [5.41, 5.74) is 2.35. The van der Waals surface area contributed by atoms with Gasteiger partial charge in [0.15, 0.2) is 11.6 Å². The van der Waals surface area contributed by atoms with Gasteiger partial charge < -0.3 is 15.2 Å². The Morgan fingerprint density at radius 3 is 2.62 bits per heavy atom. The Morgan fingerprint density at radius 2 is 1.95 bits per heavy atom. The molecule has 110 valence electrons. The lowest BCUT2D eigenvalue weighted by molar-refractivity contribution is -0.136. The summed E-state index contributed by atoms with van der Waals surface area (Å²) in [4.78, 5) is 10.8. The van der Waals surface area contributed by atoms with Crippen molar-refractivity contribution in [1.29, 1.82) is 0 Å². The average Bonchev–Trinajstić information content (AvgIpc) is 2.47. The van der Waals surface area contributed by atoms with E-state index < -0.39 is 11.8 Å². The molecular weight excluding hydrogens is 273 g/mol. The zero-order valence-electron chi connectivity index (χ0n) is 11.6. The molecule has 0 saturated heterocycles. The highest BCUT2D eigenvalue weighted by molar-refractivity contribution is 5.70. The highest BCUT2D eigenvalue weighted by Crippen LogP contribution is 2.22. The summed E-state index contributed by atoms with van der Waals surface area (Å²) in [6, 6.07) is 11.8. The number of benzene rings is 2. The molecule has 0 aliphatic carbocycles. The molecular formula is C16H16FNO3. The van der Waals surface area contributed by atoms with Crippen LogP contribution in [0.4, 0.5) is 10.1 Å². The predicted octanol–water partition coefficient (Wildman–Crippen LogP) is 3.07. The second-order valence-corrected chi connectivity index (χ2v) is 4.54. The smallest absolute Gasteiger partial charge is 0.307 e. The van der Waals surface area contributed by atoms with Crippen LogP contribution < -0.4 is 10.1 Å². The van der Waals surface area contributed by atoms with Crippen molar-refractivity contribution < 1.29 is 19.0 Å². The van der Waals surface area contributed by atoms with Gasteiger partial charge in [0, 0.05) is 18.3 Å². The quantitative estimate of drug-likeness (QED) is 0.858. The maximum absolute atomic E-state index is 13.3. The van der Waals surface area contributed by atoms with Crippen LogP contribution in [0.5, 0.6) is 5.75 Å². The topological polar surface area (TPSA) is 58.6 Å². The van der Waals surface area contributed by atoms with Gasteiger partial charge in [0.25, 0.3) is 0 Å². The molecule has 2 aromatic carbocycles. The maximum atomic E-state index is 13.3. The molecule has 2 N–H and O–H groups in total. The SMILES string of the molecule is COc1cc(NCc2ccccc2CC(=O)O)ccc1F. The highest BCUT2D eigenvalue weighted by Gasteiger charge is 2.07. The first-order valence-electron chi connectivity index (χ1n) is 6.46. The number of carboxylic acid groups (broad SMARTS) is 1. The van der Waals surface area contributed by atoms with Crippen molar-refractivity contribution in [3.8, 4) is 5.75 Å². The monoisotopic (exact) mass is 289 g/mol. The fourth-order valence-electron chi connectivity index (χ4n) is 2.03. The molecule has 0 unspecified atom stereocenters. The van der Waals surface area contributed by atoms with E-state index in [1.807, 2.05) is 18.2 Å². The Balaban J connectivity index is 2.11. The van der Waals surface area contributed by atoms with E-state index >= 15 is 0 Å². The van der Waals surface area contributed by atoms with Gasteiger partial charge in [-0.25, -0.2) is 4.39 Å². The van der Waals surface area contributed by atoms with E-state index in [1.54, 1.807) is 18.2 Å². The number of carboxylic acids is 1. The Morgan fingerprint density at radius 1 is 1.24 bits per heavy atom. The summed E-state index contributed by atoms with van der Waals surface area (Å²) < 4.78 is 18.2. The molecule has 0 aromatic heterocycles. The van der Waals surface area contributed by atoms with Crippen LogP contribution in [-0.2, 0) is 17.8 Å². The first-order chi connectivity index (χ1) is 10.1. The van der Waals surface area contributed by atoms with Crippen molar-refractivity contribution >= 4 is 11.7 Å². The van der Waals surface area contributed by atoms with Gasteiger partial charge in [-0.1, -0.05) is 24.3 Å². The standard InChI is InChI=1S/C16H16FNO3/c1-21-15-9-13(6-7-14(15)17)18-10-12-5-3-2-4-11(12)8-16(19)20/h2-7,9,18H,8,10H2,1H3,(H,19,20). The third kappa shape index (κ3) is 3.95. The van der Waals surface area contributed by atoms with E-state index in [0.717, 1.165) is 11.1 Å². The summed E-state index contributed by atoms with van der Waals surface area (Å²) in [5, 5.41) is 12.0. The van der Waals surface area contributed by atoms with E-state index in [1.165, 1.54) is 13.2 Å².